The molecule has 0 aromatic heterocycles. The van der Waals surface area contributed by atoms with Gasteiger partial charge in [-0.2, -0.15) is 0 Å². The summed E-state index contributed by atoms with van der Waals surface area (Å²) >= 11 is 6.11. The Kier molecular flexibility index (Phi) is 5.98. The van der Waals surface area contributed by atoms with E-state index < -0.39 is 17.9 Å². The summed E-state index contributed by atoms with van der Waals surface area (Å²) in [4.78, 5) is 24.2. The van der Waals surface area contributed by atoms with Crippen molar-refractivity contribution in [3.8, 4) is 11.5 Å². The van der Waals surface area contributed by atoms with Crippen molar-refractivity contribution in [2.75, 3.05) is 13.2 Å². The maximum atomic E-state index is 12.6. The van der Waals surface area contributed by atoms with Crippen LogP contribution in [0.3, 0.4) is 0 Å². The van der Waals surface area contributed by atoms with E-state index in [-0.39, 0.29) is 17.0 Å². The first-order valence-electron chi connectivity index (χ1n) is 8.35. The number of carbonyl (C=O) groups is 2. The molecule has 2 heterocycles. The van der Waals surface area contributed by atoms with Crippen LogP contribution in [0.15, 0.2) is 54.6 Å². The molecule has 6 nitrogen and oxygen atoms in total. The highest BCUT2D eigenvalue weighted by Gasteiger charge is 2.23. The van der Waals surface area contributed by atoms with E-state index in [1.807, 2.05) is 6.08 Å². The van der Waals surface area contributed by atoms with Gasteiger partial charge in [-0.3, -0.25) is 4.79 Å². The zero-order valence-corrected chi connectivity index (χ0v) is 15.1. The zero-order chi connectivity index (χ0) is 19.2. The van der Waals surface area contributed by atoms with Gasteiger partial charge in [0.05, 0.1) is 10.6 Å². The van der Waals surface area contributed by atoms with Crippen LogP contribution in [0.25, 0.3) is 0 Å². The van der Waals surface area contributed by atoms with Gasteiger partial charge in [0.25, 0.3) is 5.91 Å². The van der Waals surface area contributed by atoms with Crippen LogP contribution in [-0.2, 0) is 11.2 Å². The third kappa shape index (κ3) is 5.01. The van der Waals surface area contributed by atoms with Gasteiger partial charge in [-0.1, -0.05) is 23.7 Å². The van der Waals surface area contributed by atoms with Gasteiger partial charge < -0.3 is 19.9 Å². The summed E-state index contributed by atoms with van der Waals surface area (Å²) in [5, 5.41) is 12.2. The maximum Gasteiger partial charge on any atom is 0.326 e. The highest BCUT2D eigenvalue weighted by molar-refractivity contribution is 6.34. The Morgan fingerprint density at radius 2 is 1.67 bits per heavy atom. The van der Waals surface area contributed by atoms with Gasteiger partial charge in [0.15, 0.2) is 0 Å². The summed E-state index contributed by atoms with van der Waals surface area (Å²) in [6, 6.07) is 10.7. The van der Waals surface area contributed by atoms with Gasteiger partial charge in [-0.25, -0.2) is 4.79 Å². The Bertz CT molecular complexity index is 863. The quantitative estimate of drug-likeness (QED) is 0.734. The molecule has 2 aromatic rings. The first-order chi connectivity index (χ1) is 13.0. The first kappa shape index (κ1) is 18.8. The molecule has 2 aliphatic rings. The number of carboxylic acid groups (broad SMARTS) is 1. The van der Waals surface area contributed by atoms with E-state index in [2.05, 4.69) is 5.32 Å². The molecule has 2 aromatic carbocycles. The summed E-state index contributed by atoms with van der Waals surface area (Å²) in [6.07, 6.45) is 3.77. The van der Waals surface area contributed by atoms with Crippen molar-refractivity contribution < 1.29 is 24.2 Å². The topological polar surface area (TPSA) is 84.9 Å². The third-order valence-electron chi connectivity index (χ3n) is 4.01. The van der Waals surface area contributed by atoms with Crippen molar-refractivity contribution in [2.24, 2.45) is 0 Å². The number of aliphatic carboxylic acids is 1. The van der Waals surface area contributed by atoms with Crippen molar-refractivity contribution in [1.82, 2.24) is 5.32 Å². The molecule has 7 heteroatoms. The number of ether oxygens (including phenoxy) is 2. The molecular weight excluding hydrogens is 370 g/mol. The van der Waals surface area contributed by atoms with Crippen LogP contribution in [0.2, 0.25) is 5.02 Å². The van der Waals surface area contributed by atoms with Crippen LogP contribution in [0.1, 0.15) is 15.9 Å². The number of halogens is 1. The standard InChI is InChI=1S/C20H18ClNO5/c21-17-8-7-15-12-16(17)19(23)22-18(20(24)25)11-13-3-5-14(6-4-13)26-9-1-2-10-27-15/h1-8,12,18H,9-11H2,(H,22,23)(H,24,25)/b2-1+/t18-/m0/s1. The minimum atomic E-state index is -1.13. The largest absolute Gasteiger partial charge is 0.490 e. The Morgan fingerprint density at radius 1 is 1.04 bits per heavy atom. The number of hydrogen-bond donors (Lipinski definition) is 2. The van der Waals surface area contributed by atoms with Gasteiger partial charge >= 0.3 is 5.97 Å². The van der Waals surface area contributed by atoms with Gasteiger partial charge in [0.2, 0.25) is 0 Å². The number of carbonyl (C=O) groups excluding carboxylic acids is 1. The van der Waals surface area contributed by atoms with E-state index >= 15 is 0 Å². The van der Waals surface area contributed by atoms with Crippen molar-refractivity contribution in [3.63, 3.8) is 0 Å². The number of carboxylic acids is 1. The monoisotopic (exact) mass is 387 g/mol. The number of amides is 1. The van der Waals surface area contributed by atoms with Gasteiger partial charge in [-0.15, -0.1) is 0 Å². The normalized spacial score (nSPS) is 18.6. The van der Waals surface area contributed by atoms with Crippen LogP contribution in [-0.4, -0.2) is 36.2 Å². The molecule has 0 saturated heterocycles. The number of rotatable bonds is 1. The molecular formula is C20H18ClNO5. The smallest absolute Gasteiger partial charge is 0.326 e. The Hall–Kier alpha value is -2.99. The molecule has 0 spiro atoms. The number of fused-ring (bicyclic) bond motifs is 9. The maximum absolute atomic E-state index is 12.6. The second kappa shape index (κ2) is 8.60. The minimum Gasteiger partial charge on any atom is -0.490 e. The lowest BCUT2D eigenvalue weighted by Crippen LogP contribution is -2.42. The summed E-state index contributed by atoms with van der Waals surface area (Å²) in [5.74, 6) is -0.576. The van der Waals surface area contributed by atoms with Crippen molar-refractivity contribution in [1.29, 1.82) is 0 Å². The van der Waals surface area contributed by atoms with E-state index in [9.17, 15) is 14.7 Å². The highest BCUT2D eigenvalue weighted by atomic mass is 35.5. The van der Waals surface area contributed by atoms with Gasteiger partial charge in [-0.05, 0) is 48.0 Å². The molecule has 1 atom stereocenters. The SMILES string of the molecule is O=C1N[C@H](C(=O)O)Cc2ccc(cc2)OC/C=C/COc2ccc(Cl)c1c2. The third-order valence-corrected chi connectivity index (χ3v) is 4.34. The van der Waals surface area contributed by atoms with E-state index in [4.69, 9.17) is 21.1 Å². The zero-order valence-electron chi connectivity index (χ0n) is 14.4. The molecule has 27 heavy (non-hydrogen) atoms. The van der Waals surface area contributed by atoms with E-state index in [1.54, 1.807) is 42.5 Å². The van der Waals surface area contributed by atoms with Crippen LogP contribution < -0.4 is 14.8 Å². The molecule has 0 radical (unpaired) electrons. The number of hydrogen-bond acceptors (Lipinski definition) is 4. The molecule has 2 aliphatic heterocycles. The van der Waals surface area contributed by atoms with Crippen molar-refractivity contribution >= 4 is 23.5 Å². The molecule has 4 bridgehead atoms. The van der Waals surface area contributed by atoms with Gasteiger partial charge in [0, 0.05) is 6.42 Å². The predicted molar refractivity (Wildman–Crippen MR) is 101 cm³/mol. The van der Waals surface area contributed by atoms with Crippen LogP contribution >= 0.6 is 11.6 Å². The summed E-state index contributed by atoms with van der Waals surface area (Å²) < 4.78 is 11.2. The molecule has 0 unspecified atom stereocenters. The van der Waals surface area contributed by atoms with E-state index in [0.717, 1.165) is 5.56 Å². The summed E-state index contributed by atoms with van der Waals surface area (Å²) in [7, 11) is 0. The predicted octanol–water partition coefficient (Wildman–Crippen LogP) is 3.09. The Morgan fingerprint density at radius 3 is 2.33 bits per heavy atom. The summed E-state index contributed by atoms with van der Waals surface area (Å²) in [6.45, 7) is 0.676. The molecule has 0 fully saturated rings. The molecule has 140 valence electrons. The molecule has 0 aliphatic carbocycles. The van der Waals surface area contributed by atoms with E-state index in [0.29, 0.717) is 24.7 Å². The van der Waals surface area contributed by atoms with Gasteiger partial charge in [0.1, 0.15) is 30.8 Å². The average Bonchev–Trinajstić information content (AvgIpc) is 2.65. The van der Waals surface area contributed by atoms with E-state index in [1.165, 1.54) is 6.07 Å². The lowest BCUT2D eigenvalue weighted by molar-refractivity contribution is -0.139. The molecule has 0 saturated carbocycles. The van der Waals surface area contributed by atoms with Crippen LogP contribution in [0.5, 0.6) is 11.5 Å². The van der Waals surface area contributed by atoms with Crippen LogP contribution in [0.4, 0.5) is 0 Å². The number of nitrogens with one attached hydrogen (secondary N) is 1. The lowest BCUT2D eigenvalue weighted by Gasteiger charge is -2.16. The minimum absolute atomic E-state index is 0.134. The second-order valence-electron chi connectivity index (χ2n) is 5.95. The second-order valence-corrected chi connectivity index (χ2v) is 6.35. The fraction of sp³-hybridized carbons (Fsp3) is 0.200. The van der Waals surface area contributed by atoms with Crippen LogP contribution in [0, 0.1) is 0 Å². The lowest BCUT2D eigenvalue weighted by atomic mass is 10.1. The average molecular weight is 388 g/mol. The fourth-order valence-electron chi connectivity index (χ4n) is 2.59. The highest BCUT2D eigenvalue weighted by Crippen LogP contribution is 2.23. The number of benzene rings is 2. The van der Waals surface area contributed by atoms with Crippen molar-refractivity contribution in [3.05, 3.63) is 70.8 Å². The molecule has 4 rings (SSSR count). The Balaban J connectivity index is 1.91. The Labute approximate surface area is 161 Å². The molecule has 1 amide bonds. The fourth-order valence-corrected chi connectivity index (χ4v) is 2.79. The first-order valence-corrected chi connectivity index (χ1v) is 8.73. The molecule has 2 N–H and O–H groups in total. The summed E-state index contributed by atoms with van der Waals surface area (Å²) in [5.41, 5.74) is 0.922. The van der Waals surface area contributed by atoms with Crippen molar-refractivity contribution in [2.45, 2.75) is 12.5 Å².